The number of aliphatic hydroxyl groups excluding tert-OH is 4. The van der Waals surface area contributed by atoms with E-state index in [1.54, 1.807) is 0 Å². The van der Waals surface area contributed by atoms with E-state index in [0.29, 0.717) is 0 Å². The lowest BCUT2D eigenvalue weighted by Gasteiger charge is -2.19. The molecular formula is C6H12O5S. The van der Waals surface area contributed by atoms with E-state index in [1.165, 1.54) is 0 Å². The second kappa shape index (κ2) is 5.50. The minimum atomic E-state index is -1.69. The fourth-order valence-corrected chi connectivity index (χ4v) is 0.789. The van der Waals surface area contributed by atoms with Gasteiger partial charge in [0.15, 0.2) is 5.78 Å². The molecule has 72 valence electrons. The lowest BCUT2D eigenvalue weighted by molar-refractivity contribution is -0.137. The number of thiol groups is 1. The Morgan fingerprint density at radius 2 is 1.83 bits per heavy atom. The molecule has 0 spiro atoms. The van der Waals surface area contributed by atoms with Gasteiger partial charge < -0.3 is 20.4 Å². The molecule has 0 aromatic carbocycles. The fraction of sp³-hybridized carbons (Fsp3) is 0.833. The molecule has 0 rings (SSSR count). The fourth-order valence-electron chi connectivity index (χ4n) is 0.602. The third-order valence-electron chi connectivity index (χ3n) is 1.39. The maximum absolute atomic E-state index is 10.7. The summed E-state index contributed by atoms with van der Waals surface area (Å²) in [7, 11) is 0. The van der Waals surface area contributed by atoms with Crippen LogP contribution in [0.25, 0.3) is 0 Å². The Balaban J connectivity index is 4.08. The van der Waals surface area contributed by atoms with Crippen molar-refractivity contribution < 1.29 is 25.2 Å². The number of hydrogen-bond acceptors (Lipinski definition) is 6. The zero-order valence-corrected chi connectivity index (χ0v) is 7.19. The molecule has 6 heteroatoms. The van der Waals surface area contributed by atoms with Gasteiger partial charge in [0.25, 0.3) is 0 Å². The van der Waals surface area contributed by atoms with Crippen LogP contribution in [0.5, 0.6) is 0 Å². The lowest BCUT2D eigenvalue weighted by Crippen LogP contribution is -2.44. The average Bonchev–Trinajstić information content (AvgIpc) is 2.12. The number of ketones is 1. The molecule has 3 atom stereocenters. The molecule has 0 aliphatic rings. The summed E-state index contributed by atoms with van der Waals surface area (Å²) in [4.78, 5) is 10.7. The highest BCUT2D eigenvalue weighted by Crippen LogP contribution is 2.01. The summed E-state index contributed by atoms with van der Waals surface area (Å²) in [5.74, 6) is -0.922. The lowest BCUT2D eigenvalue weighted by atomic mass is 10.1. The van der Waals surface area contributed by atoms with Crippen molar-refractivity contribution in [3.63, 3.8) is 0 Å². The quantitative estimate of drug-likeness (QED) is 0.315. The molecule has 0 aromatic heterocycles. The van der Waals surface area contributed by atoms with Crippen molar-refractivity contribution >= 4 is 18.4 Å². The highest BCUT2D eigenvalue weighted by Gasteiger charge is 2.28. The van der Waals surface area contributed by atoms with Crippen LogP contribution in [0.2, 0.25) is 0 Å². The van der Waals surface area contributed by atoms with Gasteiger partial charge in [-0.25, -0.2) is 0 Å². The Kier molecular flexibility index (Phi) is 5.43. The number of Topliss-reactive ketones (excluding diaryl/α,β-unsaturated/α-hetero) is 1. The number of hydrogen-bond donors (Lipinski definition) is 5. The summed E-state index contributed by atoms with van der Waals surface area (Å²) >= 11 is 3.58. The summed E-state index contributed by atoms with van der Waals surface area (Å²) in [5, 5.41) is 35.1. The summed E-state index contributed by atoms with van der Waals surface area (Å²) < 4.78 is 0. The van der Waals surface area contributed by atoms with Crippen molar-refractivity contribution in [3.8, 4) is 0 Å². The van der Waals surface area contributed by atoms with Crippen LogP contribution >= 0.6 is 12.6 Å². The first-order valence-corrected chi connectivity index (χ1v) is 3.96. The standard InChI is InChI=1S/C6H12O5S/c7-1-3(8)5(10)6(11)4(9)2-12/h3,5-8,10-12H,1-2H2/t3-,5-,6-/m1/s1. The van der Waals surface area contributed by atoms with Crippen LogP contribution in [-0.4, -0.2) is 56.9 Å². The molecule has 0 aromatic rings. The van der Waals surface area contributed by atoms with Crippen LogP contribution < -0.4 is 0 Å². The third kappa shape index (κ3) is 3.08. The zero-order valence-electron chi connectivity index (χ0n) is 6.29. The average molecular weight is 196 g/mol. The molecule has 0 amide bonds. The van der Waals surface area contributed by atoms with Crippen LogP contribution in [0.3, 0.4) is 0 Å². The Bertz CT molecular complexity index is 151. The highest BCUT2D eigenvalue weighted by atomic mass is 32.1. The van der Waals surface area contributed by atoms with E-state index >= 15 is 0 Å². The minimum Gasteiger partial charge on any atom is -0.394 e. The molecule has 5 nitrogen and oxygen atoms in total. The summed E-state index contributed by atoms with van der Waals surface area (Å²) in [6.45, 7) is -0.710. The second-order valence-electron chi connectivity index (χ2n) is 2.31. The van der Waals surface area contributed by atoms with Crippen molar-refractivity contribution in [1.82, 2.24) is 0 Å². The maximum atomic E-state index is 10.7. The molecule has 0 aliphatic heterocycles. The summed E-state index contributed by atoms with van der Waals surface area (Å²) in [6, 6.07) is 0. The van der Waals surface area contributed by atoms with Crippen LogP contribution in [0.4, 0.5) is 0 Å². The van der Waals surface area contributed by atoms with Gasteiger partial charge >= 0.3 is 0 Å². The smallest absolute Gasteiger partial charge is 0.173 e. The molecule has 0 saturated heterocycles. The number of carbonyl (C=O) groups is 1. The van der Waals surface area contributed by atoms with Crippen molar-refractivity contribution in [2.45, 2.75) is 18.3 Å². The molecule has 12 heavy (non-hydrogen) atoms. The van der Waals surface area contributed by atoms with Gasteiger partial charge in [0.1, 0.15) is 18.3 Å². The zero-order chi connectivity index (χ0) is 9.72. The van der Waals surface area contributed by atoms with Gasteiger partial charge in [0.05, 0.1) is 12.4 Å². The van der Waals surface area contributed by atoms with Crippen LogP contribution in [0.15, 0.2) is 0 Å². The SMILES string of the molecule is O=C(CS)[C@@H](O)[C@H](O)[C@H](O)CO. The molecule has 0 aliphatic carbocycles. The van der Waals surface area contributed by atoms with E-state index in [0.717, 1.165) is 0 Å². The predicted octanol–water partition coefficient (Wildman–Crippen LogP) is -2.44. The Hall–Kier alpha value is -0.140. The summed E-state index contributed by atoms with van der Waals surface area (Å²) in [5.41, 5.74) is 0. The molecule has 0 heterocycles. The van der Waals surface area contributed by atoms with E-state index in [2.05, 4.69) is 12.6 Å². The topological polar surface area (TPSA) is 98.0 Å². The van der Waals surface area contributed by atoms with Gasteiger partial charge in [-0.15, -0.1) is 0 Å². The van der Waals surface area contributed by atoms with Crippen LogP contribution in [0, 0.1) is 0 Å². The first-order valence-electron chi connectivity index (χ1n) is 3.33. The largest absolute Gasteiger partial charge is 0.394 e. The van der Waals surface area contributed by atoms with E-state index in [-0.39, 0.29) is 5.75 Å². The molecule has 0 unspecified atom stereocenters. The molecule has 4 N–H and O–H groups in total. The van der Waals surface area contributed by atoms with E-state index in [1.807, 2.05) is 0 Å². The van der Waals surface area contributed by atoms with Gasteiger partial charge in [0.2, 0.25) is 0 Å². The Morgan fingerprint density at radius 3 is 2.17 bits per heavy atom. The summed E-state index contributed by atoms with van der Waals surface area (Å²) in [6.07, 6.45) is -4.86. The predicted molar refractivity (Wildman–Crippen MR) is 44.0 cm³/mol. The van der Waals surface area contributed by atoms with Gasteiger partial charge in [0, 0.05) is 0 Å². The van der Waals surface area contributed by atoms with Crippen molar-refractivity contribution in [3.05, 3.63) is 0 Å². The highest BCUT2D eigenvalue weighted by molar-refractivity contribution is 7.81. The second-order valence-corrected chi connectivity index (χ2v) is 2.63. The molecule has 0 radical (unpaired) electrons. The normalized spacial score (nSPS) is 18.4. The molecule has 0 saturated carbocycles. The first-order chi connectivity index (χ1) is 5.54. The maximum Gasteiger partial charge on any atom is 0.173 e. The van der Waals surface area contributed by atoms with Crippen molar-refractivity contribution in [1.29, 1.82) is 0 Å². The molecular weight excluding hydrogens is 184 g/mol. The first kappa shape index (κ1) is 11.9. The van der Waals surface area contributed by atoms with Crippen LogP contribution in [-0.2, 0) is 4.79 Å². The van der Waals surface area contributed by atoms with Gasteiger partial charge in [-0.3, -0.25) is 4.79 Å². The molecule has 0 fully saturated rings. The van der Waals surface area contributed by atoms with E-state index < -0.39 is 30.7 Å². The minimum absolute atomic E-state index is 0.226. The molecule has 0 bridgehead atoms. The van der Waals surface area contributed by atoms with E-state index in [4.69, 9.17) is 20.4 Å². The number of aliphatic hydroxyl groups is 4. The monoisotopic (exact) mass is 196 g/mol. The van der Waals surface area contributed by atoms with Crippen LogP contribution in [0.1, 0.15) is 0 Å². The third-order valence-corrected chi connectivity index (χ3v) is 1.70. The Morgan fingerprint density at radius 1 is 1.33 bits per heavy atom. The van der Waals surface area contributed by atoms with Gasteiger partial charge in [-0.1, -0.05) is 0 Å². The van der Waals surface area contributed by atoms with E-state index in [9.17, 15) is 4.79 Å². The number of rotatable bonds is 5. The van der Waals surface area contributed by atoms with Crippen molar-refractivity contribution in [2.24, 2.45) is 0 Å². The Labute approximate surface area is 75.1 Å². The van der Waals surface area contributed by atoms with Gasteiger partial charge in [-0.05, 0) is 0 Å². The van der Waals surface area contributed by atoms with Gasteiger partial charge in [-0.2, -0.15) is 12.6 Å². The number of carbonyl (C=O) groups excluding carboxylic acids is 1. The van der Waals surface area contributed by atoms with Crippen molar-refractivity contribution in [2.75, 3.05) is 12.4 Å².